The van der Waals surface area contributed by atoms with Crippen molar-refractivity contribution in [3.8, 4) is 0 Å². The summed E-state index contributed by atoms with van der Waals surface area (Å²) in [7, 11) is 0. The average molecular weight is 457 g/mol. The van der Waals surface area contributed by atoms with E-state index in [2.05, 4.69) is 19.1 Å². The van der Waals surface area contributed by atoms with Gasteiger partial charge >= 0.3 is 23.9 Å². The fourth-order valence-electron chi connectivity index (χ4n) is 3.43. The average Bonchev–Trinajstić information content (AvgIpc) is 2.69. The number of rotatable bonds is 21. The van der Waals surface area contributed by atoms with Gasteiger partial charge in [-0.05, 0) is 32.1 Å². The van der Waals surface area contributed by atoms with E-state index in [1.54, 1.807) is 0 Å². The van der Waals surface area contributed by atoms with Crippen LogP contribution >= 0.6 is 0 Å². The zero-order valence-corrected chi connectivity index (χ0v) is 19.4. The summed E-state index contributed by atoms with van der Waals surface area (Å²) in [6, 6.07) is 0. The number of hydrogen-bond donors (Lipinski definition) is 3. The summed E-state index contributed by atoms with van der Waals surface area (Å²) >= 11 is 0. The van der Waals surface area contributed by atoms with E-state index in [4.69, 9.17) is 14.9 Å². The Morgan fingerprint density at radius 3 is 1.56 bits per heavy atom. The van der Waals surface area contributed by atoms with Crippen LogP contribution in [-0.2, 0) is 23.9 Å². The summed E-state index contributed by atoms with van der Waals surface area (Å²) in [5.74, 6) is -5.78. The lowest BCUT2D eigenvalue weighted by Crippen LogP contribution is -2.47. The van der Waals surface area contributed by atoms with Crippen molar-refractivity contribution in [1.82, 2.24) is 0 Å². The molecule has 0 rings (SSSR count). The molecule has 184 valence electrons. The quantitative estimate of drug-likeness (QED) is 0.119. The minimum Gasteiger partial charge on any atom is -0.481 e. The van der Waals surface area contributed by atoms with E-state index in [1.165, 1.54) is 38.5 Å². The second-order valence-corrected chi connectivity index (χ2v) is 8.25. The van der Waals surface area contributed by atoms with E-state index in [9.17, 15) is 24.3 Å². The van der Waals surface area contributed by atoms with Crippen molar-refractivity contribution in [1.29, 1.82) is 0 Å². The number of carbonyl (C=O) groups excluding carboxylic acids is 1. The number of unbranched alkanes of at least 4 members (excludes halogenated alkanes) is 11. The first-order valence-corrected chi connectivity index (χ1v) is 11.8. The van der Waals surface area contributed by atoms with Gasteiger partial charge < -0.3 is 20.1 Å². The first-order valence-electron chi connectivity index (χ1n) is 11.8. The Labute approximate surface area is 191 Å². The Balaban J connectivity index is 3.97. The van der Waals surface area contributed by atoms with Crippen LogP contribution in [0.4, 0.5) is 0 Å². The largest absolute Gasteiger partial charge is 0.481 e. The molecule has 8 heteroatoms. The molecule has 0 aromatic rings. The maximum Gasteiger partial charge on any atom is 0.349 e. The van der Waals surface area contributed by atoms with Crippen LogP contribution in [0.2, 0.25) is 0 Å². The van der Waals surface area contributed by atoms with E-state index < -0.39 is 42.3 Å². The predicted octanol–water partition coefficient (Wildman–Crippen LogP) is 5.34. The molecule has 0 aliphatic rings. The first-order chi connectivity index (χ1) is 15.2. The molecule has 0 atom stereocenters. The Kier molecular flexibility index (Phi) is 16.9. The number of hydrogen-bond acceptors (Lipinski definition) is 5. The summed E-state index contributed by atoms with van der Waals surface area (Å²) in [5.41, 5.74) is -2.59. The lowest BCUT2D eigenvalue weighted by Gasteiger charge is -2.26. The van der Waals surface area contributed by atoms with Gasteiger partial charge in [0.2, 0.25) is 5.60 Å². The molecule has 0 bridgehead atoms. The number of carboxylic acid groups (broad SMARTS) is 3. The van der Waals surface area contributed by atoms with Crippen LogP contribution in [-0.4, -0.2) is 44.8 Å². The molecule has 0 saturated heterocycles. The van der Waals surface area contributed by atoms with Gasteiger partial charge in [-0.25, -0.2) is 4.79 Å². The minimum atomic E-state index is -2.59. The molecule has 0 radical (unpaired) electrons. The summed E-state index contributed by atoms with van der Waals surface area (Å²) in [4.78, 5) is 45.3. The van der Waals surface area contributed by atoms with Crippen molar-refractivity contribution >= 4 is 23.9 Å². The Hall–Kier alpha value is -2.38. The second kappa shape index (κ2) is 18.2. The van der Waals surface area contributed by atoms with Crippen LogP contribution in [0.1, 0.15) is 110 Å². The number of esters is 1. The van der Waals surface area contributed by atoms with Gasteiger partial charge in [-0.2, -0.15) is 0 Å². The van der Waals surface area contributed by atoms with Crippen molar-refractivity contribution in [2.75, 3.05) is 0 Å². The maximum absolute atomic E-state index is 12.0. The van der Waals surface area contributed by atoms with Crippen molar-refractivity contribution in [2.24, 2.45) is 0 Å². The third kappa shape index (κ3) is 15.4. The van der Waals surface area contributed by atoms with Crippen LogP contribution < -0.4 is 0 Å². The van der Waals surface area contributed by atoms with E-state index in [-0.39, 0.29) is 6.42 Å². The van der Waals surface area contributed by atoms with Crippen molar-refractivity contribution < 1.29 is 39.2 Å². The first kappa shape index (κ1) is 29.6. The number of ether oxygens (including phenoxy) is 1. The minimum absolute atomic E-state index is 0.0770. The fraction of sp³-hybridized carbons (Fsp3) is 0.750. The van der Waals surface area contributed by atoms with Crippen LogP contribution in [0, 0.1) is 0 Å². The molecule has 0 aliphatic heterocycles. The molecule has 0 amide bonds. The van der Waals surface area contributed by atoms with E-state index in [1.807, 2.05) is 0 Å². The molecular weight excluding hydrogens is 416 g/mol. The Morgan fingerprint density at radius 2 is 1.12 bits per heavy atom. The highest BCUT2D eigenvalue weighted by molar-refractivity contribution is 5.90. The SMILES string of the molecule is CCCCCCCCC=CCCCCCCCC(=O)OC(CC(=O)O)(CC(=O)O)C(=O)O. The number of carbonyl (C=O) groups is 4. The highest BCUT2D eigenvalue weighted by Crippen LogP contribution is 2.23. The predicted molar refractivity (Wildman–Crippen MR) is 120 cm³/mol. The van der Waals surface area contributed by atoms with E-state index in [0.29, 0.717) is 6.42 Å². The molecule has 3 N–H and O–H groups in total. The maximum atomic E-state index is 12.0. The fourth-order valence-corrected chi connectivity index (χ4v) is 3.43. The van der Waals surface area contributed by atoms with Crippen LogP contribution in [0.3, 0.4) is 0 Å². The summed E-state index contributed by atoms with van der Waals surface area (Å²) in [5, 5.41) is 27.0. The zero-order valence-electron chi connectivity index (χ0n) is 19.4. The van der Waals surface area contributed by atoms with Crippen molar-refractivity contribution in [2.45, 2.75) is 115 Å². The van der Waals surface area contributed by atoms with E-state index >= 15 is 0 Å². The summed E-state index contributed by atoms with van der Waals surface area (Å²) in [6.07, 6.45) is 16.4. The van der Waals surface area contributed by atoms with Crippen molar-refractivity contribution in [3.05, 3.63) is 12.2 Å². The molecule has 0 aromatic heterocycles. The third-order valence-electron chi connectivity index (χ3n) is 5.22. The Bertz CT molecular complexity index is 581. The third-order valence-corrected chi connectivity index (χ3v) is 5.22. The molecule has 0 unspecified atom stereocenters. The highest BCUT2D eigenvalue weighted by Gasteiger charge is 2.47. The van der Waals surface area contributed by atoms with Gasteiger partial charge in [0.15, 0.2) is 0 Å². The molecule has 8 nitrogen and oxygen atoms in total. The lowest BCUT2D eigenvalue weighted by atomic mass is 9.95. The van der Waals surface area contributed by atoms with Gasteiger partial charge in [0.1, 0.15) is 0 Å². The smallest absolute Gasteiger partial charge is 0.349 e. The van der Waals surface area contributed by atoms with Gasteiger partial charge in [-0.15, -0.1) is 0 Å². The van der Waals surface area contributed by atoms with E-state index in [0.717, 1.165) is 38.5 Å². The molecule has 0 aromatic carbocycles. The number of allylic oxidation sites excluding steroid dienone is 2. The molecule has 0 heterocycles. The summed E-state index contributed by atoms with van der Waals surface area (Å²) < 4.78 is 4.83. The van der Waals surface area contributed by atoms with Gasteiger partial charge in [0, 0.05) is 6.42 Å². The topological polar surface area (TPSA) is 138 Å². The summed E-state index contributed by atoms with van der Waals surface area (Å²) in [6.45, 7) is 2.22. The number of carboxylic acids is 3. The van der Waals surface area contributed by atoms with Gasteiger partial charge in [-0.1, -0.05) is 70.4 Å². The molecule has 0 fully saturated rings. The molecule has 32 heavy (non-hydrogen) atoms. The van der Waals surface area contributed by atoms with Crippen LogP contribution in [0.15, 0.2) is 12.2 Å². The molecule has 0 aliphatic carbocycles. The normalized spacial score (nSPS) is 11.5. The van der Waals surface area contributed by atoms with Crippen molar-refractivity contribution in [3.63, 3.8) is 0 Å². The second-order valence-electron chi connectivity index (χ2n) is 8.25. The van der Waals surface area contributed by atoms with Crippen LogP contribution in [0.5, 0.6) is 0 Å². The lowest BCUT2D eigenvalue weighted by molar-refractivity contribution is -0.186. The molecule has 0 saturated carbocycles. The van der Waals surface area contributed by atoms with Gasteiger partial charge in [0.25, 0.3) is 0 Å². The number of aliphatic carboxylic acids is 3. The zero-order chi connectivity index (χ0) is 24.2. The van der Waals surface area contributed by atoms with Gasteiger partial charge in [-0.3, -0.25) is 14.4 Å². The highest BCUT2D eigenvalue weighted by atomic mass is 16.6. The Morgan fingerprint density at radius 1 is 0.688 bits per heavy atom. The molecular formula is C24H40O8. The monoisotopic (exact) mass is 456 g/mol. The molecule has 0 spiro atoms. The van der Waals surface area contributed by atoms with Crippen LogP contribution in [0.25, 0.3) is 0 Å². The standard InChI is InChI=1S/C24H40O8/c1-2-3-4-5-6-7-8-9-10-11-12-13-14-15-16-17-22(29)32-24(23(30)31,18-20(25)26)19-21(27)28/h9-10H,2-8,11-19H2,1H3,(H,25,26)(H,27,28)(H,30,31). The van der Waals surface area contributed by atoms with Gasteiger partial charge in [0.05, 0.1) is 12.8 Å².